The average Bonchev–Trinajstić information content (AvgIpc) is 2.39. The molecule has 1 aliphatic heterocycles. The van der Waals surface area contributed by atoms with Gasteiger partial charge in [-0.15, -0.1) is 0 Å². The van der Waals surface area contributed by atoms with E-state index < -0.39 is 6.10 Å². The second-order valence-electron chi connectivity index (χ2n) is 4.74. The van der Waals surface area contributed by atoms with Gasteiger partial charge < -0.3 is 20.0 Å². The summed E-state index contributed by atoms with van der Waals surface area (Å²) in [5.74, 6) is -0.120. The van der Waals surface area contributed by atoms with Gasteiger partial charge in [-0.1, -0.05) is 31.4 Å². The number of aliphatic hydroxyl groups excluding tert-OH is 1. The van der Waals surface area contributed by atoms with Crippen LogP contribution in [0, 0.1) is 11.3 Å². The lowest BCUT2D eigenvalue weighted by molar-refractivity contribution is -0.0289. The fourth-order valence-electron chi connectivity index (χ4n) is 2.05. The number of aliphatic hydroxyl groups is 1. The van der Waals surface area contributed by atoms with Crippen LogP contribution in [0.5, 0.6) is 0 Å². The second-order valence-corrected chi connectivity index (χ2v) is 4.74. The van der Waals surface area contributed by atoms with Crippen LogP contribution in [-0.4, -0.2) is 42.8 Å². The largest absolute Gasteiger partial charge is 0.393 e. The minimum atomic E-state index is -0.511. The zero-order valence-corrected chi connectivity index (χ0v) is 11.5. The van der Waals surface area contributed by atoms with E-state index in [1.807, 2.05) is 6.08 Å². The maximum absolute atomic E-state index is 9.62. The van der Waals surface area contributed by atoms with Crippen molar-refractivity contribution in [1.82, 2.24) is 0 Å². The highest BCUT2D eigenvalue weighted by atomic mass is 16.5. The van der Waals surface area contributed by atoms with Crippen molar-refractivity contribution in [3.63, 3.8) is 0 Å². The van der Waals surface area contributed by atoms with E-state index in [-0.39, 0.29) is 18.6 Å². The lowest BCUT2D eigenvalue weighted by Gasteiger charge is -2.31. The van der Waals surface area contributed by atoms with Crippen LogP contribution < -0.4 is 0 Å². The Morgan fingerprint density at radius 2 is 2.37 bits per heavy atom. The summed E-state index contributed by atoms with van der Waals surface area (Å²) < 4.78 is 11.1. The lowest BCUT2D eigenvalue weighted by atomic mass is 9.89. The molecule has 1 fully saturated rings. The van der Waals surface area contributed by atoms with Gasteiger partial charge in [0, 0.05) is 11.6 Å². The molecule has 2 N–H and O–H groups in total. The highest BCUT2D eigenvalue weighted by Gasteiger charge is 2.30. The van der Waals surface area contributed by atoms with Crippen molar-refractivity contribution in [3.05, 3.63) is 37.0 Å². The van der Waals surface area contributed by atoms with E-state index in [2.05, 4.69) is 13.2 Å². The Kier molecular flexibility index (Phi) is 6.70. The number of nitrogens with one attached hydrogen (secondary N) is 1. The first kappa shape index (κ1) is 15.8. The standard InChI is InChI=1S/C15H23NO3/c1-4-6-12(5-2)8-18-9-13-7-14(11(3)17)15(16)10-19-13/h4-6,11,13-14,16-17H,1-2,7-10H2,3H3/b12-6+,16-15?/t11-,13+,14-/m0/s1. The van der Waals surface area contributed by atoms with Crippen molar-refractivity contribution < 1.29 is 14.6 Å². The molecular weight excluding hydrogens is 242 g/mol. The molecule has 4 heteroatoms. The quantitative estimate of drug-likeness (QED) is 0.693. The molecule has 0 aromatic carbocycles. The van der Waals surface area contributed by atoms with Crippen LogP contribution in [0.1, 0.15) is 13.3 Å². The third-order valence-electron chi connectivity index (χ3n) is 3.19. The van der Waals surface area contributed by atoms with Gasteiger partial charge in [0.25, 0.3) is 0 Å². The number of rotatable bonds is 7. The summed E-state index contributed by atoms with van der Waals surface area (Å²) in [4.78, 5) is 0. The number of hydrogen-bond acceptors (Lipinski definition) is 4. The summed E-state index contributed by atoms with van der Waals surface area (Å²) in [5.41, 5.74) is 1.43. The minimum Gasteiger partial charge on any atom is -0.393 e. The summed E-state index contributed by atoms with van der Waals surface area (Å²) >= 11 is 0. The Morgan fingerprint density at radius 1 is 1.63 bits per heavy atom. The lowest BCUT2D eigenvalue weighted by Crippen LogP contribution is -2.40. The third kappa shape index (κ3) is 5.11. The number of ether oxygens (including phenoxy) is 2. The molecule has 0 saturated carbocycles. The Hall–Kier alpha value is -1.23. The van der Waals surface area contributed by atoms with E-state index in [0.717, 1.165) is 5.57 Å². The molecular formula is C15H23NO3. The van der Waals surface area contributed by atoms with Crippen LogP contribution in [0.25, 0.3) is 0 Å². The van der Waals surface area contributed by atoms with Gasteiger partial charge in [-0.2, -0.15) is 0 Å². The molecule has 19 heavy (non-hydrogen) atoms. The Morgan fingerprint density at radius 3 is 2.95 bits per heavy atom. The van der Waals surface area contributed by atoms with Crippen molar-refractivity contribution in [3.8, 4) is 0 Å². The molecule has 0 radical (unpaired) electrons. The van der Waals surface area contributed by atoms with Crippen molar-refractivity contribution in [1.29, 1.82) is 5.41 Å². The average molecular weight is 265 g/mol. The van der Waals surface area contributed by atoms with E-state index in [4.69, 9.17) is 14.9 Å². The van der Waals surface area contributed by atoms with Crippen LogP contribution in [0.2, 0.25) is 0 Å². The Labute approximate surface area is 114 Å². The predicted molar refractivity (Wildman–Crippen MR) is 76.6 cm³/mol. The summed E-state index contributed by atoms with van der Waals surface area (Å²) in [6, 6.07) is 0. The van der Waals surface area contributed by atoms with Crippen molar-refractivity contribution in [2.75, 3.05) is 19.8 Å². The molecule has 4 nitrogen and oxygen atoms in total. The maximum Gasteiger partial charge on any atom is 0.0850 e. The molecule has 0 aliphatic carbocycles. The first-order valence-corrected chi connectivity index (χ1v) is 6.47. The molecule has 0 unspecified atom stereocenters. The fraction of sp³-hybridized carbons (Fsp3) is 0.533. The highest BCUT2D eigenvalue weighted by molar-refractivity contribution is 5.86. The van der Waals surface area contributed by atoms with Gasteiger partial charge in [-0.3, -0.25) is 0 Å². The molecule has 0 aromatic rings. The fourth-order valence-corrected chi connectivity index (χ4v) is 2.05. The molecule has 3 atom stereocenters. The zero-order chi connectivity index (χ0) is 14.3. The van der Waals surface area contributed by atoms with Crippen LogP contribution in [0.3, 0.4) is 0 Å². The smallest absolute Gasteiger partial charge is 0.0850 e. The molecule has 0 amide bonds. The topological polar surface area (TPSA) is 62.5 Å². The molecule has 1 aliphatic rings. The summed E-state index contributed by atoms with van der Waals surface area (Å²) in [7, 11) is 0. The molecule has 0 aromatic heterocycles. The van der Waals surface area contributed by atoms with Crippen LogP contribution >= 0.6 is 0 Å². The maximum atomic E-state index is 9.62. The van der Waals surface area contributed by atoms with Crippen molar-refractivity contribution in [2.24, 2.45) is 5.92 Å². The molecule has 0 bridgehead atoms. The zero-order valence-electron chi connectivity index (χ0n) is 11.5. The van der Waals surface area contributed by atoms with E-state index in [9.17, 15) is 5.11 Å². The van der Waals surface area contributed by atoms with E-state index in [0.29, 0.717) is 25.3 Å². The van der Waals surface area contributed by atoms with Gasteiger partial charge in [-0.25, -0.2) is 0 Å². The first-order chi connectivity index (χ1) is 9.08. The van der Waals surface area contributed by atoms with Gasteiger partial charge in [-0.05, 0) is 18.9 Å². The van der Waals surface area contributed by atoms with Gasteiger partial charge in [0.15, 0.2) is 0 Å². The molecule has 106 valence electrons. The SMILES string of the molecule is C=C/C=C(\C=C)COC[C@H]1C[C@@H]([C@H](C)O)C(=N)CO1. The monoisotopic (exact) mass is 265 g/mol. The molecule has 0 spiro atoms. The Balaban J connectivity index is 2.38. The second kappa shape index (κ2) is 8.04. The minimum absolute atomic E-state index is 0.0662. The Bertz CT molecular complexity index is 360. The number of hydrogen-bond donors (Lipinski definition) is 2. The highest BCUT2D eigenvalue weighted by Crippen LogP contribution is 2.21. The predicted octanol–water partition coefficient (Wildman–Crippen LogP) is 2.11. The van der Waals surface area contributed by atoms with Gasteiger partial charge in [0.1, 0.15) is 0 Å². The van der Waals surface area contributed by atoms with E-state index >= 15 is 0 Å². The van der Waals surface area contributed by atoms with Crippen LogP contribution in [0.15, 0.2) is 37.0 Å². The van der Waals surface area contributed by atoms with Crippen molar-refractivity contribution >= 4 is 5.71 Å². The first-order valence-electron chi connectivity index (χ1n) is 6.47. The summed E-state index contributed by atoms with van der Waals surface area (Å²) in [5, 5.41) is 17.4. The van der Waals surface area contributed by atoms with Gasteiger partial charge >= 0.3 is 0 Å². The normalized spacial score (nSPS) is 26.0. The summed E-state index contributed by atoms with van der Waals surface area (Å²) in [6.07, 6.45) is 5.33. The van der Waals surface area contributed by atoms with Crippen LogP contribution in [0.4, 0.5) is 0 Å². The third-order valence-corrected chi connectivity index (χ3v) is 3.19. The van der Waals surface area contributed by atoms with Gasteiger partial charge in [0.05, 0.1) is 32.0 Å². The molecule has 1 saturated heterocycles. The number of allylic oxidation sites excluding steroid dienone is 2. The van der Waals surface area contributed by atoms with Crippen LogP contribution in [-0.2, 0) is 9.47 Å². The molecule has 1 rings (SSSR count). The van der Waals surface area contributed by atoms with Gasteiger partial charge in [0.2, 0.25) is 0 Å². The van der Waals surface area contributed by atoms with Crippen molar-refractivity contribution in [2.45, 2.75) is 25.6 Å². The van der Waals surface area contributed by atoms with E-state index in [1.54, 1.807) is 19.1 Å². The van der Waals surface area contributed by atoms with E-state index in [1.165, 1.54) is 0 Å². The summed E-state index contributed by atoms with van der Waals surface area (Å²) in [6.45, 7) is 10.2. The molecule has 1 heterocycles.